The Balaban J connectivity index is 1.51. The van der Waals surface area contributed by atoms with E-state index in [1.54, 1.807) is 51.0 Å². The largest absolute Gasteiger partial charge is 0.341 e. The van der Waals surface area contributed by atoms with Crippen molar-refractivity contribution in [3.63, 3.8) is 0 Å². The first-order valence-corrected chi connectivity index (χ1v) is 13.0. The second-order valence-corrected chi connectivity index (χ2v) is 10.8. The molecule has 1 N–H and O–H groups in total. The summed E-state index contributed by atoms with van der Waals surface area (Å²) in [5.41, 5.74) is 0.00516. The van der Waals surface area contributed by atoms with Crippen LogP contribution in [0.5, 0.6) is 0 Å². The molecule has 2 fully saturated rings. The van der Waals surface area contributed by atoms with E-state index in [1.807, 2.05) is 0 Å². The van der Waals surface area contributed by atoms with Crippen LogP contribution < -0.4 is 10.9 Å². The number of hydrogen-bond acceptors (Lipinski definition) is 5. The number of likely N-dealkylation sites (N-methyl/N-ethyl adjacent to an activating group) is 1. The van der Waals surface area contributed by atoms with E-state index in [4.69, 9.17) is 0 Å². The average molecular weight is 540 g/mol. The molecule has 0 bridgehead atoms. The van der Waals surface area contributed by atoms with Gasteiger partial charge in [-0.05, 0) is 43.4 Å². The quantitative estimate of drug-likeness (QED) is 0.565. The van der Waals surface area contributed by atoms with Crippen molar-refractivity contribution in [3.05, 3.63) is 69.4 Å². The molecule has 2 saturated heterocycles. The molecular formula is C28H34FN5O5. The zero-order valence-electron chi connectivity index (χ0n) is 22.9. The topological polar surface area (TPSA) is 112 Å². The van der Waals surface area contributed by atoms with E-state index in [-0.39, 0.29) is 61.3 Å². The van der Waals surface area contributed by atoms with E-state index in [2.05, 4.69) is 5.32 Å². The van der Waals surface area contributed by atoms with Gasteiger partial charge in [0.1, 0.15) is 17.4 Å². The van der Waals surface area contributed by atoms with E-state index in [0.29, 0.717) is 5.56 Å². The van der Waals surface area contributed by atoms with Gasteiger partial charge < -0.3 is 19.7 Å². The number of nitrogens with zero attached hydrogens (tertiary/aromatic N) is 4. The Morgan fingerprint density at radius 2 is 1.72 bits per heavy atom. The Kier molecular flexibility index (Phi) is 7.63. The lowest BCUT2D eigenvalue weighted by Crippen LogP contribution is -2.60. The number of pyridine rings is 1. The van der Waals surface area contributed by atoms with Gasteiger partial charge in [-0.25, -0.2) is 9.18 Å². The first-order chi connectivity index (χ1) is 18.4. The monoisotopic (exact) mass is 539 g/mol. The zero-order chi connectivity index (χ0) is 28.6. The van der Waals surface area contributed by atoms with Crippen LogP contribution >= 0.6 is 0 Å². The number of likely N-dealkylation sites (tertiary alicyclic amines) is 1. The molecule has 5 amide bonds. The van der Waals surface area contributed by atoms with Gasteiger partial charge in [0.25, 0.3) is 11.8 Å². The lowest BCUT2D eigenvalue weighted by Gasteiger charge is -2.43. The summed E-state index contributed by atoms with van der Waals surface area (Å²) >= 11 is 0. The fourth-order valence-electron chi connectivity index (χ4n) is 5.35. The predicted octanol–water partition coefficient (Wildman–Crippen LogP) is 2.04. The van der Waals surface area contributed by atoms with Gasteiger partial charge in [0, 0.05) is 46.0 Å². The number of imide groups is 1. The van der Waals surface area contributed by atoms with Crippen LogP contribution in [0.1, 0.15) is 48.2 Å². The number of amides is 5. The van der Waals surface area contributed by atoms with Crippen LogP contribution in [0.15, 0.2) is 41.3 Å². The fourth-order valence-corrected chi connectivity index (χ4v) is 5.35. The molecule has 1 atom stereocenters. The van der Waals surface area contributed by atoms with E-state index in [9.17, 15) is 28.4 Å². The highest BCUT2D eigenvalue weighted by atomic mass is 19.1. The predicted molar refractivity (Wildman–Crippen MR) is 141 cm³/mol. The summed E-state index contributed by atoms with van der Waals surface area (Å²) in [5.74, 6) is -2.25. The Morgan fingerprint density at radius 3 is 2.33 bits per heavy atom. The molecule has 0 saturated carbocycles. The number of hydrogen-bond donors (Lipinski definition) is 1. The molecule has 0 radical (unpaired) electrons. The molecule has 208 valence electrons. The molecule has 1 aromatic heterocycles. The molecule has 1 spiro atoms. The molecule has 1 aromatic carbocycles. The van der Waals surface area contributed by atoms with E-state index in [1.165, 1.54) is 34.7 Å². The minimum absolute atomic E-state index is 0.127. The van der Waals surface area contributed by atoms with Crippen LogP contribution in [0.25, 0.3) is 0 Å². The molecule has 39 heavy (non-hydrogen) atoms. The molecule has 10 nitrogen and oxygen atoms in total. The van der Waals surface area contributed by atoms with Crippen molar-refractivity contribution < 1.29 is 23.6 Å². The minimum atomic E-state index is -1.11. The summed E-state index contributed by atoms with van der Waals surface area (Å²) in [7, 11) is 3.06. The summed E-state index contributed by atoms with van der Waals surface area (Å²) in [4.78, 5) is 68.8. The number of carbonyl (C=O) groups excluding carboxylic acids is 4. The normalized spacial score (nSPS) is 17.8. The van der Waals surface area contributed by atoms with Crippen LogP contribution in [0.4, 0.5) is 9.18 Å². The third kappa shape index (κ3) is 5.17. The van der Waals surface area contributed by atoms with Crippen LogP contribution in [-0.2, 0) is 23.2 Å². The molecular weight excluding hydrogens is 505 g/mol. The maximum atomic E-state index is 14.3. The van der Waals surface area contributed by atoms with Crippen LogP contribution in [0, 0.1) is 18.7 Å². The third-order valence-electron chi connectivity index (χ3n) is 7.71. The highest BCUT2D eigenvalue weighted by Crippen LogP contribution is 2.38. The molecule has 2 aliphatic rings. The lowest BCUT2D eigenvalue weighted by molar-refractivity contribution is -0.142. The first kappa shape index (κ1) is 28.0. The molecule has 0 aliphatic carbocycles. The van der Waals surface area contributed by atoms with E-state index >= 15 is 0 Å². The maximum Gasteiger partial charge on any atom is 0.327 e. The van der Waals surface area contributed by atoms with Gasteiger partial charge in [-0.15, -0.1) is 0 Å². The molecule has 2 aliphatic heterocycles. The summed E-state index contributed by atoms with van der Waals surface area (Å²) in [5, 5.41) is 2.70. The van der Waals surface area contributed by atoms with Crippen LogP contribution in [-0.4, -0.2) is 74.7 Å². The van der Waals surface area contributed by atoms with Crippen molar-refractivity contribution in [2.24, 2.45) is 13.0 Å². The highest BCUT2D eigenvalue weighted by molar-refractivity contribution is 6.07. The maximum absolute atomic E-state index is 14.3. The van der Waals surface area contributed by atoms with Crippen molar-refractivity contribution in [2.45, 2.75) is 51.7 Å². The van der Waals surface area contributed by atoms with Crippen LogP contribution in [0.3, 0.4) is 0 Å². The number of piperidine rings is 1. The number of carbonyl (C=O) groups is 4. The van der Waals surface area contributed by atoms with Gasteiger partial charge in [0.2, 0.25) is 11.5 Å². The SMILES string of the molecule is Cc1ccc(F)c(C(=O)N[C@@H](C(=O)N2CCC3(CC2)C(=O)N(C)C(=O)N3Cc2ccc(=O)n(C)c2)C(C)C)c1. The first-order valence-electron chi connectivity index (χ1n) is 13.0. The second-order valence-electron chi connectivity index (χ2n) is 10.8. The summed E-state index contributed by atoms with van der Waals surface area (Å²) in [6.45, 7) is 5.89. The van der Waals surface area contributed by atoms with Crippen LogP contribution in [0.2, 0.25) is 0 Å². The number of aryl methyl sites for hydroxylation is 2. The molecule has 3 heterocycles. The standard InChI is InChI=1S/C28H34FN5O5/c1-17(2)23(30-24(36)20-14-18(3)6-8-21(20)29)25(37)33-12-10-28(11-13-33)26(38)32(5)27(39)34(28)16-19-7-9-22(35)31(4)15-19/h6-9,14-15,17,23H,10-13,16H2,1-5H3,(H,30,36)/t23-/m1/s1. The van der Waals surface area contributed by atoms with Gasteiger partial charge in [-0.2, -0.15) is 0 Å². The van der Waals surface area contributed by atoms with Gasteiger partial charge in [0.15, 0.2) is 0 Å². The van der Waals surface area contributed by atoms with Crippen molar-refractivity contribution in [1.29, 1.82) is 0 Å². The number of rotatable bonds is 6. The lowest BCUT2D eigenvalue weighted by atomic mass is 9.85. The number of urea groups is 1. The number of aromatic nitrogens is 1. The van der Waals surface area contributed by atoms with E-state index in [0.717, 1.165) is 10.5 Å². The number of halogens is 1. The Morgan fingerprint density at radius 1 is 1.05 bits per heavy atom. The Hall–Kier alpha value is -4.02. The van der Waals surface area contributed by atoms with Crippen molar-refractivity contribution in [2.75, 3.05) is 20.1 Å². The van der Waals surface area contributed by atoms with Crippen molar-refractivity contribution in [3.8, 4) is 0 Å². The van der Waals surface area contributed by atoms with Gasteiger partial charge in [-0.3, -0.25) is 24.1 Å². The van der Waals surface area contributed by atoms with Gasteiger partial charge in [-0.1, -0.05) is 31.5 Å². The van der Waals surface area contributed by atoms with Gasteiger partial charge >= 0.3 is 6.03 Å². The smallest absolute Gasteiger partial charge is 0.327 e. The molecule has 11 heteroatoms. The van der Waals surface area contributed by atoms with Gasteiger partial charge in [0.05, 0.1) is 5.56 Å². The second kappa shape index (κ2) is 10.6. The molecule has 2 aromatic rings. The van der Waals surface area contributed by atoms with Crippen molar-refractivity contribution in [1.82, 2.24) is 24.6 Å². The number of benzene rings is 1. The molecule has 0 unspecified atom stereocenters. The minimum Gasteiger partial charge on any atom is -0.341 e. The number of nitrogens with one attached hydrogen (secondary N) is 1. The summed E-state index contributed by atoms with van der Waals surface area (Å²) in [6.07, 6.45) is 2.09. The highest BCUT2D eigenvalue weighted by Gasteiger charge is 2.57. The Bertz CT molecular complexity index is 1380. The molecule has 4 rings (SSSR count). The third-order valence-corrected chi connectivity index (χ3v) is 7.71. The summed E-state index contributed by atoms with van der Waals surface area (Å²) in [6, 6.07) is 5.96. The van der Waals surface area contributed by atoms with Crippen molar-refractivity contribution >= 4 is 23.8 Å². The Labute approximate surface area is 226 Å². The van der Waals surface area contributed by atoms with E-state index < -0.39 is 29.3 Å². The fraction of sp³-hybridized carbons (Fsp3) is 0.464. The summed E-state index contributed by atoms with van der Waals surface area (Å²) < 4.78 is 15.7. The zero-order valence-corrected chi connectivity index (χ0v) is 22.9. The average Bonchev–Trinajstić information content (AvgIpc) is 3.06.